The van der Waals surface area contributed by atoms with Gasteiger partial charge in [0.05, 0.1) is 0 Å². The van der Waals surface area contributed by atoms with Gasteiger partial charge in [-0.15, -0.1) is 13.2 Å². The van der Waals surface area contributed by atoms with Gasteiger partial charge < -0.3 is 10.1 Å². The van der Waals surface area contributed by atoms with Gasteiger partial charge in [0.1, 0.15) is 5.75 Å². The van der Waals surface area contributed by atoms with Gasteiger partial charge in [0.2, 0.25) is 5.91 Å². The minimum atomic E-state index is -4.66. The second-order valence-electron chi connectivity index (χ2n) is 5.36. The Morgan fingerprint density at radius 2 is 1.86 bits per heavy atom. The van der Waals surface area contributed by atoms with Gasteiger partial charge in [0, 0.05) is 19.5 Å². The number of ether oxygens (including phenoxy) is 1. The summed E-state index contributed by atoms with van der Waals surface area (Å²) in [4.78, 5) is 13.7. The minimum Gasteiger partial charge on any atom is -0.406 e. The van der Waals surface area contributed by atoms with Gasteiger partial charge in [0.15, 0.2) is 0 Å². The number of amides is 1. The predicted octanol–water partition coefficient (Wildman–Crippen LogP) is 2.54. The number of rotatable bonds is 4. The van der Waals surface area contributed by atoms with Crippen LogP contribution < -0.4 is 10.1 Å². The zero-order valence-electron chi connectivity index (χ0n) is 12.3. The van der Waals surface area contributed by atoms with Crippen molar-refractivity contribution in [3.05, 3.63) is 29.8 Å². The van der Waals surface area contributed by atoms with Crippen LogP contribution >= 0.6 is 0 Å². The topological polar surface area (TPSA) is 41.6 Å². The van der Waals surface area contributed by atoms with Crippen LogP contribution in [-0.4, -0.2) is 37.3 Å². The maximum atomic E-state index is 12.1. The van der Waals surface area contributed by atoms with Crippen LogP contribution in [0.3, 0.4) is 0 Å². The van der Waals surface area contributed by atoms with Gasteiger partial charge in [0.25, 0.3) is 0 Å². The molecule has 0 bridgehead atoms. The third-order valence-electron chi connectivity index (χ3n) is 3.77. The lowest BCUT2D eigenvalue weighted by atomic mass is 9.95. The molecule has 1 aromatic carbocycles. The number of likely N-dealkylation sites (tertiary alicyclic amines) is 1. The average Bonchev–Trinajstić information content (AvgIpc) is 2.48. The molecular weight excluding hydrogens is 297 g/mol. The predicted molar refractivity (Wildman–Crippen MR) is 75.2 cm³/mol. The van der Waals surface area contributed by atoms with Crippen molar-refractivity contribution in [3.8, 4) is 5.75 Å². The first-order valence-corrected chi connectivity index (χ1v) is 7.16. The molecule has 7 heteroatoms. The number of benzene rings is 1. The third-order valence-corrected chi connectivity index (χ3v) is 3.77. The number of hydrogen-bond donors (Lipinski definition) is 1. The molecule has 1 saturated heterocycles. The number of halogens is 3. The molecule has 0 atom stereocenters. The standard InChI is InChI=1S/C15H19F3N2O2/c1-19-14(21)12-6-8-20(9-7-12)10-11-2-4-13(5-3-11)22-15(16,17)18/h2-5,12H,6-10H2,1H3,(H,19,21). The van der Waals surface area contributed by atoms with E-state index in [1.54, 1.807) is 19.2 Å². The fourth-order valence-electron chi connectivity index (χ4n) is 2.61. The fraction of sp³-hybridized carbons (Fsp3) is 0.533. The highest BCUT2D eigenvalue weighted by molar-refractivity contribution is 5.78. The smallest absolute Gasteiger partial charge is 0.406 e. The molecule has 0 radical (unpaired) electrons. The van der Waals surface area contributed by atoms with Crippen molar-refractivity contribution >= 4 is 5.91 Å². The van der Waals surface area contributed by atoms with Crippen molar-refractivity contribution in [2.45, 2.75) is 25.7 Å². The highest BCUT2D eigenvalue weighted by Gasteiger charge is 2.31. The van der Waals surface area contributed by atoms with E-state index in [2.05, 4.69) is 15.0 Å². The summed E-state index contributed by atoms with van der Waals surface area (Å²) >= 11 is 0. The SMILES string of the molecule is CNC(=O)C1CCN(Cc2ccc(OC(F)(F)F)cc2)CC1. The van der Waals surface area contributed by atoms with E-state index in [9.17, 15) is 18.0 Å². The maximum Gasteiger partial charge on any atom is 0.573 e. The zero-order valence-corrected chi connectivity index (χ0v) is 12.3. The second kappa shape index (κ2) is 7.00. The first-order chi connectivity index (χ1) is 10.4. The molecule has 22 heavy (non-hydrogen) atoms. The van der Waals surface area contributed by atoms with Gasteiger partial charge in [-0.25, -0.2) is 0 Å². The number of nitrogens with one attached hydrogen (secondary N) is 1. The number of alkyl halides is 3. The molecule has 1 aliphatic rings. The summed E-state index contributed by atoms with van der Waals surface area (Å²) in [5.41, 5.74) is 0.924. The van der Waals surface area contributed by atoms with Crippen LogP contribution in [0.25, 0.3) is 0 Å². The first-order valence-electron chi connectivity index (χ1n) is 7.16. The Morgan fingerprint density at radius 1 is 1.27 bits per heavy atom. The Bertz CT molecular complexity index is 495. The Kier molecular flexibility index (Phi) is 5.28. The van der Waals surface area contributed by atoms with E-state index in [1.807, 2.05) is 0 Å². The minimum absolute atomic E-state index is 0.0591. The van der Waals surface area contributed by atoms with E-state index in [-0.39, 0.29) is 17.6 Å². The number of hydrogen-bond acceptors (Lipinski definition) is 3. The molecular formula is C15H19F3N2O2. The summed E-state index contributed by atoms with van der Waals surface area (Å²) < 4.78 is 40.1. The normalized spacial score (nSPS) is 17.3. The van der Waals surface area contributed by atoms with Gasteiger partial charge in [-0.1, -0.05) is 12.1 Å². The van der Waals surface area contributed by atoms with Gasteiger partial charge in [-0.05, 0) is 43.6 Å². The van der Waals surface area contributed by atoms with Crippen LogP contribution in [0.5, 0.6) is 5.75 Å². The Hall–Kier alpha value is -1.76. The summed E-state index contributed by atoms with van der Waals surface area (Å²) in [6.07, 6.45) is -3.06. The number of carbonyl (C=O) groups excluding carboxylic acids is 1. The quantitative estimate of drug-likeness (QED) is 0.928. The molecule has 122 valence electrons. The van der Waals surface area contributed by atoms with Crippen LogP contribution in [-0.2, 0) is 11.3 Å². The van der Waals surface area contributed by atoms with E-state index < -0.39 is 6.36 Å². The van der Waals surface area contributed by atoms with E-state index in [1.165, 1.54) is 12.1 Å². The Morgan fingerprint density at radius 3 is 2.36 bits per heavy atom. The molecule has 1 aliphatic heterocycles. The molecule has 0 aliphatic carbocycles. The first kappa shape index (κ1) is 16.6. The van der Waals surface area contributed by atoms with Gasteiger partial charge >= 0.3 is 6.36 Å². The summed E-state index contributed by atoms with van der Waals surface area (Å²) in [5.74, 6) is -0.0771. The number of nitrogens with zero attached hydrogens (tertiary/aromatic N) is 1. The van der Waals surface area contributed by atoms with Crippen LogP contribution in [0, 0.1) is 5.92 Å². The van der Waals surface area contributed by atoms with Crippen LogP contribution in [0.15, 0.2) is 24.3 Å². The van der Waals surface area contributed by atoms with Gasteiger partial charge in [-0.2, -0.15) is 0 Å². The van der Waals surface area contributed by atoms with E-state index >= 15 is 0 Å². The lowest BCUT2D eigenvalue weighted by molar-refractivity contribution is -0.274. The summed E-state index contributed by atoms with van der Waals surface area (Å²) in [7, 11) is 1.64. The number of carbonyl (C=O) groups is 1. The van der Waals surface area contributed by atoms with E-state index in [0.717, 1.165) is 31.5 Å². The highest BCUT2D eigenvalue weighted by atomic mass is 19.4. The molecule has 1 N–H and O–H groups in total. The zero-order chi connectivity index (χ0) is 16.2. The Balaban J connectivity index is 1.84. The molecule has 1 fully saturated rings. The molecule has 1 heterocycles. The number of piperidine rings is 1. The molecule has 0 spiro atoms. The van der Waals surface area contributed by atoms with E-state index in [0.29, 0.717) is 6.54 Å². The van der Waals surface area contributed by atoms with Gasteiger partial charge in [-0.3, -0.25) is 9.69 Å². The maximum absolute atomic E-state index is 12.1. The third kappa shape index (κ3) is 4.91. The molecule has 1 amide bonds. The summed E-state index contributed by atoms with van der Waals surface area (Å²) in [6, 6.07) is 5.90. The highest BCUT2D eigenvalue weighted by Crippen LogP contribution is 2.24. The largest absolute Gasteiger partial charge is 0.573 e. The van der Waals surface area contributed by atoms with Crippen LogP contribution in [0.4, 0.5) is 13.2 Å². The molecule has 0 aromatic heterocycles. The summed E-state index contributed by atoms with van der Waals surface area (Å²) in [5, 5.41) is 2.66. The van der Waals surface area contributed by atoms with Crippen LogP contribution in [0.1, 0.15) is 18.4 Å². The van der Waals surface area contributed by atoms with Crippen molar-refractivity contribution in [2.24, 2.45) is 5.92 Å². The molecule has 1 aromatic rings. The van der Waals surface area contributed by atoms with Crippen LogP contribution in [0.2, 0.25) is 0 Å². The van der Waals surface area contributed by atoms with Crippen molar-refractivity contribution in [2.75, 3.05) is 20.1 Å². The van der Waals surface area contributed by atoms with Crippen molar-refractivity contribution < 1.29 is 22.7 Å². The van der Waals surface area contributed by atoms with Crippen molar-refractivity contribution in [1.29, 1.82) is 0 Å². The molecule has 0 saturated carbocycles. The molecule has 4 nitrogen and oxygen atoms in total. The monoisotopic (exact) mass is 316 g/mol. The lowest BCUT2D eigenvalue weighted by Gasteiger charge is -2.31. The van der Waals surface area contributed by atoms with Crippen molar-refractivity contribution in [1.82, 2.24) is 10.2 Å². The Labute approximate surface area is 127 Å². The second-order valence-corrected chi connectivity index (χ2v) is 5.36. The lowest BCUT2D eigenvalue weighted by Crippen LogP contribution is -2.39. The summed E-state index contributed by atoms with van der Waals surface area (Å²) in [6.45, 7) is 2.27. The van der Waals surface area contributed by atoms with Crippen molar-refractivity contribution in [3.63, 3.8) is 0 Å². The van der Waals surface area contributed by atoms with E-state index in [4.69, 9.17) is 0 Å². The molecule has 0 unspecified atom stereocenters. The average molecular weight is 316 g/mol. The molecule has 2 rings (SSSR count). The fourth-order valence-corrected chi connectivity index (χ4v) is 2.61.